The lowest BCUT2D eigenvalue weighted by Gasteiger charge is -2.31. The zero-order valence-corrected chi connectivity index (χ0v) is 18.1. The standard InChI is InChI=1S/C26H26N2O4/c1-2-31-26(30)20-7-6-14-28(18-20)25(29)22-15-21(16-27-17-22)19-10-12-24(13-11-19)32-23-8-4-3-5-9-23/h3-5,8-13,15-17,20H,2,6-7,14,18H2,1H3/t20-/m1/s1. The first-order valence-corrected chi connectivity index (χ1v) is 10.9. The minimum absolute atomic E-state index is 0.114. The first-order chi connectivity index (χ1) is 15.6. The minimum Gasteiger partial charge on any atom is -0.466 e. The fourth-order valence-electron chi connectivity index (χ4n) is 3.85. The van der Waals surface area contributed by atoms with Gasteiger partial charge in [-0.05, 0) is 55.7 Å². The smallest absolute Gasteiger partial charge is 0.310 e. The first-order valence-electron chi connectivity index (χ1n) is 10.9. The van der Waals surface area contributed by atoms with Crippen molar-refractivity contribution in [2.45, 2.75) is 19.8 Å². The summed E-state index contributed by atoms with van der Waals surface area (Å²) in [6, 6.07) is 19.1. The molecule has 6 nitrogen and oxygen atoms in total. The molecule has 0 bridgehead atoms. The molecule has 4 rings (SSSR count). The molecule has 1 atom stereocenters. The molecule has 0 N–H and O–H groups in total. The third-order valence-corrected chi connectivity index (χ3v) is 5.48. The second-order valence-corrected chi connectivity index (χ2v) is 7.74. The monoisotopic (exact) mass is 430 g/mol. The molecule has 1 aromatic heterocycles. The van der Waals surface area contributed by atoms with E-state index in [2.05, 4.69) is 4.98 Å². The largest absolute Gasteiger partial charge is 0.466 e. The fourth-order valence-corrected chi connectivity index (χ4v) is 3.85. The van der Waals surface area contributed by atoms with Crippen LogP contribution in [0.4, 0.5) is 0 Å². The highest BCUT2D eigenvalue weighted by Gasteiger charge is 2.30. The lowest BCUT2D eigenvalue weighted by molar-refractivity contribution is -0.149. The lowest BCUT2D eigenvalue weighted by atomic mass is 9.97. The maximum absolute atomic E-state index is 13.1. The predicted octanol–water partition coefficient (Wildman–Crippen LogP) is 4.96. The minimum atomic E-state index is -0.263. The predicted molar refractivity (Wildman–Crippen MR) is 121 cm³/mol. The second-order valence-electron chi connectivity index (χ2n) is 7.74. The Bertz CT molecular complexity index is 1070. The van der Waals surface area contributed by atoms with Gasteiger partial charge in [0.15, 0.2) is 0 Å². The molecule has 3 aromatic rings. The van der Waals surface area contributed by atoms with Crippen LogP contribution in [-0.2, 0) is 9.53 Å². The van der Waals surface area contributed by atoms with Gasteiger partial charge in [-0.1, -0.05) is 30.3 Å². The maximum atomic E-state index is 13.1. The Morgan fingerprint density at radius 2 is 1.75 bits per heavy atom. The van der Waals surface area contributed by atoms with E-state index in [0.29, 0.717) is 25.3 Å². The molecule has 6 heteroatoms. The number of aromatic nitrogens is 1. The van der Waals surface area contributed by atoms with Gasteiger partial charge in [0.25, 0.3) is 5.91 Å². The molecule has 32 heavy (non-hydrogen) atoms. The van der Waals surface area contributed by atoms with Crippen LogP contribution in [0.5, 0.6) is 11.5 Å². The summed E-state index contributed by atoms with van der Waals surface area (Å²) in [5.74, 6) is 0.906. The third-order valence-electron chi connectivity index (χ3n) is 5.48. The van der Waals surface area contributed by atoms with Gasteiger partial charge < -0.3 is 14.4 Å². The number of nitrogens with zero attached hydrogens (tertiary/aromatic N) is 2. The quantitative estimate of drug-likeness (QED) is 0.517. The second kappa shape index (κ2) is 10.1. The summed E-state index contributed by atoms with van der Waals surface area (Å²) in [5.41, 5.74) is 2.30. The fraction of sp³-hybridized carbons (Fsp3) is 0.269. The van der Waals surface area contributed by atoms with Gasteiger partial charge >= 0.3 is 5.97 Å². The number of esters is 1. The van der Waals surface area contributed by atoms with E-state index in [1.165, 1.54) is 0 Å². The number of benzene rings is 2. The van der Waals surface area contributed by atoms with Crippen LogP contribution in [-0.4, -0.2) is 41.5 Å². The highest BCUT2D eigenvalue weighted by Crippen LogP contribution is 2.27. The maximum Gasteiger partial charge on any atom is 0.310 e. The molecule has 2 heterocycles. The molecule has 0 spiro atoms. The Labute approximate surface area is 187 Å². The number of carbonyl (C=O) groups is 2. The number of ether oxygens (including phenoxy) is 2. The van der Waals surface area contributed by atoms with Crippen molar-refractivity contribution in [3.63, 3.8) is 0 Å². The number of piperidine rings is 1. The van der Waals surface area contributed by atoms with Gasteiger partial charge in [0.1, 0.15) is 11.5 Å². The van der Waals surface area contributed by atoms with E-state index in [9.17, 15) is 9.59 Å². The van der Waals surface area contributed by atoms with Crippen LogP contribution in [0.3, 0.4) is 0 Å². The first kappa shape index (κ1) is 21.6. The topological polar surface area (TPSA) is 68.7 Å². The van der Waals surface area contributed by atoms with Crippen LogP contribution in [0.1, 0.15) is 30.1 Å². The van der Waals surface area contributed by atoms with E-state index >= 15 is 0 Å². The average molecular weight is 431 g/mol. The summed E-state index contributed by atoms with van der Waals surface area (Å²) in [5, 5.41) is 0. The highest BCUT2D eigenvalue weighted by molar-refractivity contribution is 5.95. The number of rotatable bonds is 6. The van der Waals surface area contributed by atoms with Crippen molar-refractivity contribution in [1.29, 1.82) is 0 Å². The van der Waals surface area contributed by atoms with Crippen molar-refractivity contribution in [1.82, 2.24) is 9.88 Å². The molecule has 164 valence electrons. The SMILES string of the molecule is CCOC(=O)[C@@H]1CCCN(C(=O)c2cncc(-c3ccc(Oc4ccccc4)cc3)c2)C1. The number of para-hydroxylation sites is 1. The molecule has 1 saturated heterocycles. The van der Waals surface area contributed by atoms with Crippen molar-refractivity contribution < 1.29 is 19.1 Å². The van der Waals surface area contributed by atoms with Gasteiger partial charge in [-0.15, -0.1) is 0 Å². The number of amides is 1. The number of hydrogen-bond donors (Lipinski definition) is 0. The van der Waals surface area contributed by atoms with Crippen molar-refractivity contribution >= 4 is 11.9 Å². The van der Waals surface area contributed by atoms with E-state index in [4.69, 9.17) is 9.47 Å². The van der Waals surface area contributed by atoms with E-state index < -0.39 is 0 Å². The summed E-state index contributed by atoms with van der Waals surface area (Å²) in [6.07, 6.45) is 4.84. The zero-order valence-electron chi connectivity index (χ0n) is 18.1. The van der Waals surface area contributed by atoms with Crippen LogP contribution in [0.15, 0.2) is 73.1 Å². The Morgan fingerprint density at radius 3 is 2.50 bits per heavy atom. The van der Waals surface area contributed by atoms with Gasteiger partial charge in [0, 0.05) is 31.0 Å². The van der Waals surface area contributed by atoms with Gasteiger partial charge in [0.2, 0.25) is 0 Å². The van der Waals surface area contributed by atoms with Crippen molar-refractivity contribution in [2.75, 3.05) is 19.7 Å². The molecule has 0 unspecified atom stereocenters. The van der Waals surface area contributed by atoms with Crippen LogP contribution in [0.25, 0.3) is 11.1 Å². The molecule has 1 amide bonds. The van der Waals surface area contributed by atoms with E-state index in [1.54, 1.807) is 24.2 Å². The number of pyridine rings is 1. The summed E-state index contributed by atoms with van der Waals surface area (Å²) < 4.78 is 11.0. The van der Waals surface area contributed by atoms with Crippen LogP contribution >= 0.6 is 0 Å². The summed E-state index contributed by atoms with van der Waals surface area (Å²) in [7, 11) is 0. The number of carbonyl (C=O) groups excluding carboxylic acids is 2. The van der Waals surface area contributed by atoms with Crippen LogP contribution in [0, 0.1) is 5.92 Å². The Kier molecular flexibility index (Phi) is 6.80. The summed E-state index contributed by atoms with van der Waals surface area (Å²) in [4.78, 5) is 31.2. The van der Waals surface area contributed by atoms with Gasteiger partial charge in [0.05, 0.1) is 18.1 Å². The van der Waals surface area contributed by atoms with E-state index in [0.717, 1.165) is 35.5 Å². The van der Waals surface area contributed by atoms with Crippen LogP contribution < -0.4 is 4.74 Å². The number of hydrogen-bond acceptors (Lipinski definition) is 5. The highest BCUT2D eigenvalue weighted by atomic mass is 16.5. The van der Waals surface area contributed by atoms with Crippen molar-refractivity contribution in [2.24, 2.45) is 5.92 Å². The average Bonchev–Trinajstić information content (AvgIpc) is 2.85. The van der Waals surface area contributed by atoms with Crippen molar-refractivity contribution in [3.05, 3.63) is 78.6 Å². The van der Waals surface area contributed by atoms with Gasteiger partial charge in [-0.3, -0.25) is 14.6 Å². The Balaban J connectivity index is 1.46. The Hall–Kier alpha value is -3.67. The molecule has 0 saturated carbocycles. The van der Waals surface area contributed by atoms with E-state index in [-0.39, 0.29) is 17.8 Å². The van der Waals surface area contributed by atoms with Crippen LogP contribution in [0.2, 0.25) is 0 Å². The zero-order chi connectivity index (χ0) is 22.3. The molecular formula is C26H26N2O4. The Morgan fingerprint density at radius 1 is 1.00 bits per heavy atom. The normalized spacial score (nSPS) is 15.8. The number of likely N-dealkylation sites (tertiary alicyclic amines) is 1. The molecular weight excluding hydrogens is 404 g/mol. The van der Waals surface area contributed by atoms with Crippen molar-refractivity contribution in [3.8, 4) is 22.6 Å². The molecule has 2 aromatic carbocycles. The van der Waals surface area contributed by atoms with E-state index in [1.807, 2.05) is 60.7 Å². The summed E-state index contributed by atoms with van der Waals surface area (Å²) >= 11 is 0. The summed E-state index contributed by atoms with van der Waals surface area (Å²) in [6.45, 7) is 3.16. The van der Waals surface area contributed by atoms with Gasteiger partial charge in [-0.25, -0.2) is 0 Å². The third kappa shape index (κ3) is 5.14. The van der Waals surface area contributed by atoms with Gasteiger partial charge in [-0.2, -0.15) is 0 Å². The molecule has 0 radical (unpaired) electrons. The molecule has 1 fully saturated rings. The lowest BCUT2D eigenvalue weighted by Crippen LogP contribution is -2.42. The molecule has 0 aliphatic carbocycles. The molecule has 1 aliphatic heterocycles. The molecule has 1 aliphatic rings.